The number of aromatic nitrogens is 2. The molecule has 1 aliphatic carbocycles. The summed E-state index contributed by atoms with van der Waals surface area (Å²) in [5.74, 6) is 0.827. The van der Waals surface area contributed by atoms with Crippen LogP contribution in [0.1, 0.15) is 29.2 Å². The molecule has 0 bridgehead atoms. The fourth-order valence-electron chi connectivity index (χ4n) is 3.18. The van der Waals surface area contributed by atoms with Crippen LogP contribution in [-0.2, 0) is 0 Å². The summed E-state index contributed by atoms with van der Waals surface area (Å²) in [5, 5.41) is 7.36. The summed E-state index contributed by atoms with van der Waals surface area (Å²) in [6, 6.07) is 8.18. The Bertz CT molecular complexity index is 707. The van der Waals surface area contributed by atoms with Crippen molar-refractivity contribution >= 4 is 11.6 Å². The molecule has 0 atom stereocenters. The minimum Gasteiger partial charge on any atom is -0.490 e. The summed E-state index contributed by atoms with van der Waals surface area (Å²) >= 11 is 0. The monoisotopic (exact) mass is 312 g/mol. The summed E-state index contributed by atoms with van der Waals surface area (Å²) in [5.41, 5.74) is 1.66. The maximum absolute atomic E-state index is 12.4. The highest BCUT2D eigenvalue weighted by atomic mass is 16.5. The van der Waals surface area contributed by atoms with E-state index in [-0.39, 0.29) is 11.9 Å². The van der Waals surface area contributed by atoms with Gasteiger partial charge in [-0.05, 0) is 37.1 Å². The average Bonchev–Trinajstić information content (AvgIpc) is 3.04. The van der Waals surface area contributed by atoms with Crippen LogP contribution < -0.4 is 15.0 Å². The molecule has 1 amide bonds. The summed E-state index contributed by atoms with van der Waals surface area (Å²) in [7, 11) is 2.02. The van der Waals surface area contributed by atoms with Gasteiger partial charge in [-0.1, -0.05) is 0 Å². The number of hydrogen-bond acceptors (Lipinski definition) is 4. The van der Waals surface area contributed by atoms with Crippen molar-refractivity contribution in [3.63, 3.8) is 0 Å². The second kappa shape index (κ2) is 5.61. The third-order valence-electron chi connectivity index (χ3n) is 4.66. The highest BCUT2D eigenvalue weighted by molar-refractivity contribution is 5.96. The highest BCUT2D eigenvalue weighted by Gasteiger charge is 2.32. The quantitative estimate of drug-likeness (QED) is 0.939. The van der Waals surface area contributed by atoms with Gasteiger partial charge in [-0.2, -0.15) is 5.10 Å². The average molecular weight is 312 g/mol. The van der Waals surface area contributed by atoms with Gasteiger partial charge in [-0.15, -0.1) is 0 Å². The molecule has 0 radical (unpaired) electrons. The van der Waals surface area contributed by atoms with E-state index in [0.29, 0.717) is 18.2 Å². The lowest BCUT2D eigenvalue weighted by molar-refractivity contribution is 0.0888. The van der Waals surface area contributed by atoms with E-state index in [9.17, 15) is 4.79 Å². The van der Waals surface area contributed by atoms with Gasteiger partial charge in [-0.25, -0.2) is 0 Å². The summed E-state index contributed by atoms with van der Waals surface area (Å²) in [6.07, 6.45) is 5.63. The second-order valence-corrected chi connectivity index (χ2v) is 6.23. The Morgan fingerprint density at radius 1 is 1.39 bits per heavy atom. The van der Waals surface area contributed by atoms with Crippen molar-refractivity contribution < 1.29 is 9.53 Å². The predicted molar refractivity (Wildman–Crippen MR) is 87.0 cm³/mol. The first-order valence-electron chi connectivity index (χ1n) is 7.98. The zero-order valence-corrected chi connectivity index (χ0v) is 13.1. The molecule has 2 aliphatic rings. The van der Waals surface area contributed by atoms with Crippen molar-refractivity contribution in [3.8, 4) is 5.75 Å². The molecule has 6 nitrogen and oxygen atoms in total. The van der Waals surface area contributed by atoms with Gasteiger partial charge in [-0.3, -0.25) is 9.48 Å². The van der Waals surface area contributed by atoms with Crippen LogP contribution in [0.3, 0.4) is 0 Å². The summed E-state index contributed by atoms with van der Waals surface area (Å²) in [4.78, 5) is 14.6. The van der Waals surface area contributed by atoms with E-state index in [4.69, 9.17) is 4.74 Å². The number of nitrogens with zero attached hydrogens (tertiary/aromatic N) is 3. The Morgan fingerprint density at radius 2 is 2.26 bits per heavy atom. The number of fused-ring (bicyclic) bond motifs is 1. The smallest absolute Gasteiger partial charge is 0.251 e. The number of amides is 1. The van der Waals surface area contributed by atoms with Gasteiger partial charge in [0.05, 0.1) is 18.3 Å². The minimum atomic E-state index is -0.0179. The van der Waals surface area contributed by atoms with Gasteiger partial charge in [0.25, 0.3) is 5.91 Å². The van der Waals surface area contributed by atoms with E-state index in [2.05, 4.69) is 15.3 Å². The van der Waals surface area contributed by atoms with Crippen LogP contribution >= 0.6 is 0 Å². The van der Waals surface area contributed by atoms with Crippen LogP contribution in [-0.4, -0.2) is 41.9 Å². The number of likely N-dealkylation sites (N-methyl/N-ethyl adjacent to an activating group) is 1. The first kappa shape index (κ1) is 14.1. The number of anilines is 1. The molecule has 23 heavy (non-hydrogen) atoms. The molecule has 0 unspecified atom stereocenters. The number of nitrogens with one attached hydrogen (secondary N) is 1. The van der Waals surface area contributed by atoms with Crippen molar-refractivity contribution in [2.24, 2.45) is 0 Å². The van der Waals surface area contributed by atoms with Gasteiger partial charge >= 0.3 is 0 Å². The van der Waals surface area contributed by atoms with Crippen LogP contribution in [0.2, 0.25) is 0 Å². The zero-order valence-electron chi connectivity index (χ0n) is 13.1. The summed E-state index contributed by atoms with van der Waals surface area (Å²) < 4.78 is 7.58. The first-order valence-corrected chi connectivity index (χ1v) is 7.98. The van der Waals surface area contributed by atoms with Crippen molar-refractivity contribution in [2.75, 3.05) is 25.1 Å². The third kappa shape index (κ3) is 2.65. The molecule has 1 aromatic carbocycles. The lowest BCUT2D eigenvalue weighted by atomic mass is 9.86. The number of ether oxygens (including phenoxy) is 1. The van der Waals surface area contributed by atoms with E-state index >= 15 is 0 Å². The number of benzene rings is 1. The molecule has 0 spiro atoms. The fourth-order valence-corrected chi connectivity index (χ4v) is 3.18. The Kier molecular flexibility index (Phi) is 3.44. The highest BCUT2D eigenvalue weighted by Crippen LogP contribution is 2.33. The van der Waals surface area contributed by atoms with E-state index in [1.54, 1.807) is 6.20 Å². The molecule has 1 aromatic heterocycles. The lowest BCUT2D eigenvalue weighted by Crippen LogP contribution is -2.45. The van der Waals surface area contributed by atoms with Crippen molar-refractivity contribution in [1.82, 2.24) is 15.1 Å². The van der Waals surface area contributed by atoms with E-state index < -0.39 is 0 Å². The van der Waals surface area contributed by atoms with E-state index in [0.717, 1.165) is 30.8 Å². The van der Waals surface area contributed by atoms with Crippen LogP contribution in [0, 0.1) is 0 Å². The van der Waals surface area contributed by atoms with Crippen LogP contribution in [0.4, 0.5) is 5.69 Å². The third-order valence-corrected chi connectivity index (χ3v) is 4.66. The molecule has 120 valence electrons. The number of carbonyl (C=O) groups excluding carboxylic acids is 1. The largest absolute Gasteiger partial charge is 0.490 e. The molecule has 2 aromatic rings. The van der Waals surface area contributed by atoms with Gasteiger partial charge in [0, 0.05) is 31.0 Å². The number of hydrogen-bond donors (Lipinski definition) is 1. The molecular formula is C17H20N4O2. The SMILES string of the molecule is CN1CCOc2ccc(C(=O)NC3CC(n4cccn4)C3)cc21. The van der Waals surface area contributed by atoms with Crippen LogP contribution in [0.5, 0.6) is 5.75 Å². The normalized spacial score (nSPS) is 22.7. The molecular weight excluding hydrogens is 292 g/mol. The molecule has 4 rings (SSSR count). The molecule has 1 N–H and O–H groups in total. The maximum Gasteiger partial charge on any atom is 0.251 e. The van der Waals surface area contributed by atoms with Crippen LogP contribution in [0.15, 0.2) is 36.7 Å². The van der Waals surface area contributed by atoms with Crippen molar-refractivity contribution in [3.05, 3.63) is 42.2 Å². The molecule has 1 saturated carbocycles. The summed E-state index contributed by atoms with van der Waals surface area (Å²) in [6.45, 7) is 1.53. The van der Waals surface area contributed by atoms with Gasteiger partial charge < -0.3 is 15.0 Å². The van der Waals surface area contributed by atoms with Gasteiger partial charge in [0.15, 0.2) is 0 Å². The number of carbonyl (C=O) groups is 1. The van der Waals surface area contributed by atoms with E-state index in [1.807, 2.05) is 42.2 Å². The standard InChI is InChI=1S/C17H20N4O2/c1-20-7-8-23-16-4-3-12(9-15(16)20)17(22)19-13-10-14(11-13)21-6-2-5-18-21/h2-6,9,13-14H,7-8,10-11H2,1H3,(H,19,22). The lowest BCUT2D eigenvalue weighted by Gasteiger charge is -2.36. The number of rotatable bonds is 3. The molecule has 6 heteroatoms. The minimum absolute atomic E-state index is 0.0179. The Hall–Kier alpha value is -2.50. The molecule has 1 aliphatic heterocycles. The van der Waals surface area contributed by atoms with Crippen molar-refractivity contribution in [1.29, 1.82) is 0 Å². The zero-order chi connectivity index (χ0) is 15.8. The van der Waals surface area contributed by atoms with Gasteiger partial charge in [0.1, 0.15) is 12.4 Å². The van der Waals surface area contributed by atoms with Crippen molar-refractivity contribution in [2.45, 2.75) is 24.9 Å². The Labute approximate surface area is 135 Å². The molecule has 1 fully saturated rings. The maximum atomic E-state index is 12.4. The predicted octanol–water partition coefficient (Wildman–Crippen LogP) is 1.85. The molecule has 0 saturated heterocycles. The Balaban J connectivity index is 1.39. The second-order valence-electron chi connectivity index (χ2n) is 6.23. The van der Waals surface area contributed by atoms with Gasteiger partial charge in [0.2, 0.25) is 0 Å². The van der Waals surface area contributed by atoms with E-state index in [1.165, 1.54) is 0 Å². The Morgan fingerprint density at radius 3 is 3.04 bits per heavy atom. The topological polar surface area (TPSA) is 59.4 Å². The first-order chi connectivity index (χ1) is 11.2. The van der Waals surface area contributed by atoms with Crippen LogP contribution in [0.25, 0.3) is 0 Å². The molecule has 2 heterocycles. The fraction of sp³-hybridized carbons (Fsp3) is 0.412.